The Labute approximate surface area is 128 Å². The summed E-state index contributed by atoms with van der Waals surface area (Å²) in [4.78, 5) is 0. The van der Waals surface area contributed by atoms with Crippen LogP contribution in [-0.4, -0.2) is 20.7 Å². The molecule has 0 amide bonds. The van der Waals surface area contributed by atoms with Gasteiger partial charge in [-0.1, -0.05) is 37.8 Å². The fraction of sp³-hybridized carbons (Fsp3) is 0.500. The molecule has 0 saturated heterocycles. The van der Waals surface area contributed by atoms with Gasteiger partial charge in [0.15, 0.2) is 0 Å². The molecule has 4 nitrogen and oxygen atoms in total. The van der Waals surface area contributed by atoms with E-state index in [2.05, 4.69) is 16.6 Å². The van der Waals surface area contributed by atoms with Gasteiger partial charge >= 0.3 is 0 Å². The lowest BCUT2D eigenvalue weighted by Gasteiger charge is -2.15. The van der Waals surface area contributed by atoms with Gasteiger partial charge in [-0.15, -0.1) is 0 Å². The van der Waals surface area contributed by atoms with E-state index in [1.54, 1.807) is 0 Å². The predicted molar refractivity (Wildman–Crippen MR) is 87.2 cm³/mol. The maximum Gasteiger partial charge on any atom is 0.212 e. The molecule has 0 aliphatic rings. The quantitative estimate of drug-likeness (QED) is 0.790. The average Bonchev–Trinajstić information content (AvgIpc) is 2.43. The number of hydrogen-bond acceptors (Lipinski definition) is 3. The highest BCUT2D eigenvalue weighted by Crippen LogP contribution is 2.15. The summed E-state index contributed by atoms with van der Waals surface area (Å²) >= 11 is 0. The summed E-state index contributed by atoms with van der Waals surface area (Å²) in [6, 6.07) is 7.25. The van der Waals surface area contributed by atoms with Gasteiger partial charge in [-0.05, 0) is 37.0 Å². The number of hydrogen-bond donors (Lipinski definition) is 2. The Bertz CT molecular complexity index is 613. The van der Waals surface area contributed by atoms with Crippen LogP contribution in [0.25, 0.3) is 0 Å². The minimum Gasteiger partial charge on any atom is -0.320 e. The highest BCUT2D eigenvalue weighted by atomic mass is 32.2. The Hall–Kier alpha value is -1.35. The minimum atomic E-state index is -3.26. The van der Waals surface area contributed by atoms with E-state index in [9.17, 15) is 8.42 Å². The van der Waals surface area contributed by atoms with E-state index >= 15 is 0 Å². The summed E-state index contributed by atoms with van der Waals surface area (Å²) in [5, 5.41) is 0. The van der Waals surface area contributed by atoms with E-state index in [-0.39, 0.29) is 11.8 Å². The van der Waals surface area contributed by atoms with Crippen molar-refractivity contribution >= 4 is 10.0 Å². The molecule has 1 aromatic rings. The molecule has 1 aromatic carbocycles. The van der Waals surface area contributed by atoms with Gasteiger partial charge in [0.1, 0.15) is 0 Å². The van der Waals surface area contributed by atoms with Crippen LogP contribution in [0, 0.1) is 17.8 Å². The van der Waals surface area contributed by atoms with Crippen LogP contribution in [0.15, 0.2) is 24.3 Å². The topological polar surface area (TPSA) is 72.2 Å². The van der Waals surface area contributed by atoms with Gasteiger partial charge in [0.2, 0.25) is 10.0 Å². The van der Waals surface area contributed by atoms with Gasteiger partial charge in [0, 0.05) is 11.6 Å². The zero-order chi connectivity index (χ0) is 15.9. The van der Waals surface area contributed by atoms with Gasteiger partial charge in [-0.3, -0.25) is 0 Å². The van der Waals surface area contributed by atoms with Crippen LogP contribution in [0.4, 0.5) is 0 Å². The largest absolute Gasteiger partial charge is 0.320 e. The summed E-state index contributed by atoms with van der Waals surface area (Å²) in [6.07, 6.45) is 0.657. The molecule has 1 atom stereocenters. The molecule has 0 spiro atoms. The van der Waals surface area contributed by atoms with Crippen molar-refractivity contribution in [3.63, 3.8) is 0 Å². The summed E-state index contributed by atoms with van der Waals surface area (Å²) in [5.41, 5.74) is 7.08. The van der Waals surface area contributed by atoms with E-state index in [0.717, 1.165) is 11.1 Å². The van der Waals surface area contributed by atoms with Crippen molar-refractivity contribution < 1.29 is 8.42 Å². The molecule has 116 valence electrons. The second kappa shape index (κ2) is 8.18. The van der Waals surface area contributed by atoms with Crippen LogP contribution < -0.4 is 10.5 Å². The molecule has 1 unspecified atom stereocenters. The van der Waals surface area contributed by atoms with Crippen molar-refractivity contribution in [3.8, 4) is 11.8 Å². The third-order valence-corrected chi connectivity index (χ3v) is 4.53. The van der Waals surface area contributed by atoms with Crippen molar-refractivity contribution in [1.29, 1.82) is 0 Å². The van der Waals surface area contributed by atoms with E-state index in [1.165, 1.54) is 0 Å². The maximum absolute atomic E-state index is 12.0. The van der Waals surface area contributed by atoms with E-state index in [0.29, 0.717) is 18.9 Å². The highest BCUT2D eigenvalue weighted by Gasteiger charge is 2.16. The Kier molecular flexibility index (Phi) is 6.90. The standard InChI is InChI=1S/C16H24N2O2S/c1-13(2)9-11-21(19,20)18-14(3)16-8-4-6-15(12-16)7-5-10-17/h4,6,8,12-14,18H,9-11,17H2,1-3H3. The van der Waals surface area contributed by atoms with E-state index < -0.39 is 10.0 Å². The monoisotopic (exact) mass is 308 g/mol. The summed E-state index contributed by atoms with van der Waals surface area (Å²) in [5.74, 6) is 6.26. The van der Waals surface area contributed by atoms with Crippen LogP contribution >= 0.6 is 0 Å². The molecule has 5 heteroatoms. The molecule has 3 N–H and O–H groups in total. The van der Waals surface area contributed by atoms with Crippen LogP contribution in [0.5, 0.6) is 0 Å². The molecule has 0 heterocycles. The molecular weight excluding hydrogens is 284 g/mol. The third kappa shape index (κ3) is 6.76. The SMILES string of the molecule is CC(C)CCS(=O)(=O)NC(C)c1cccc(C#CCN)c1. The molecule has 0 aliphatic heterocycles. The first kappa shape index (κ1) is 17.7. The van der Waals surface area contributed by atoms with Crippen molar-refractivity contribution in [2.45, 2.75) is 33.2 Å². The number of sulfonamides is 1. The lowest BCUT2D eigenvalue weighted by Crippen LogP contribution is -2.29. The maximum atomic E-state index is 12.0. The Morgan fingerprint density at radius 3 is 2.62 bits per heavy atom. The van der Waals surface area contributed by atoms with Gasteiger partial charge < -0.3 is 5.73 Å². The van der Waals surface area contributed by atoms with Crippen molar-refractivity contribution in [2.24, 2.45) is 11.7 Å². The van der Waals surface area contributed by atoms with Crippen LogP contribution in [-0.2, 0) is 10.0 Å². The van der Waals surface area contributed by atoms with Crippen molar-refractivity contribution in [1.82, 2.24) is 4.72 Å². The number of nitrogens with one attached hydrogen (secondary N) is 1. The van der Waals surface area contributed by atoms with Crippen molar-refractivity contribution in [3.05, 3.63) is 35.4 Å². The molecule has 0 aromatic heterocycles. The average molecular weight is 308 g/mol. The molecule has 0 fully saturated rings. The fourth-order valence-electron chi connectivity index (χ4n) is 1.83. The summed E-state index contributed by atoms with van der Waals surface area (Å²) < 4.78 is 26.8. The molecule has 21 heavy (non-hydrogen) atoms. The van der Waals surface area contributed by atoms with E-state index in [1.807, 2.05) is 45.0 Å². The lowest BCUT2D eigenvalue weighted by molar-refractivity contribution is 0.550. The normalized spacial score (nSPS) is 12.8. The van der Waals surface area contributed by atoms with Crippen LogP contribution in [0.2, 0.25) is 0 Å². The zero-order valence-corrected chi connectivity index (χ0v) is 13.7. The van der Waals surface area contributed by atoms with Gasteiger partial charge in [-0.2, -0.15) is 0 Å². The van der Waals surface area contributed by atoms with Crippen molar-refractivity contribution in [2.75, 3.05) is 12.3 Å². The second-order valence-electron chi connectivity index (χ2n) is 5.47. The fourth-order valence-corrected chi connectivity index (χ4v) is 3.40. The lowest BCUT2D eigenvalue weighted by atomic mass is 10.1. The molecule has 0 aliphatic carbocycles. The van der Waals surface area contributed by atoms with Crippen LogP contribution in [0.3, 0.4) is 0 Å². The number of rotatable bonds is 6. The van der Waals surface area contributed by atoms with Crippen LogP contribution in [0.1, 0.15) is 44.4 Å². The first-order chi connectivity index (χ1) is 9.84. The molecule has 0 radical (unpaired) electrons. The van der Waals surface area contributed by atoms with Gasteiger partial charge in [0.05, 0.1) is 12.3 Å². The Morgan fingerprint density at radius 1 is 1.29 bits per heavy atom. The first-order valence-corrected chi connectivity index (χ1v) is 8.78. The van der Waals surface area contributed by atoms with Gasteiger partial charge in [-0.25, -0.2) is 13.1 Å². The summed E-state index contributed by atoms with van der Waals surface area (Å²) in [7, 11) is -3.26. The van der Waals surface area contributed by atoms with Gasteiger partial charge in [0.25, 0.3) is 0 Å². The number of benzene rings is 1. The third-order valence-electron chi connectivity index (χ3n) is 3.04. The second-order valence-corrected chi connectivity index (χ2v) is 7.35. The molecule has 0 saturated carbocycles. The molecule has 0 bridgehead atoms. The minimum absolute atomic E-state index is 0.154. The summed E-state index contributed by atoms with van der Waals surface area (Å²) in [6.45, 7) is 6.17. The van der Waals surface area contributed by atoms with E-state index in [4.69, 9.17) is 5.73 Å². The highest BCUT2D eigenvalue weighted by molar-refractivity contribution is 7.89. The predicted octanol–water partition coefficient (Wildman–Crippen LogP) is 2.02. The molecule has 1 rings (SSSR count). The number of nitrogens with two attached hydrogens (primary N) is 1. The Balaban J connectivity index is 2.77. The molecular formula is C16H24N2O2S. The first-order valence-electron chi connectivity index (χ1n) is 7.13. The zero-order valence-electron chi connectivity index (χ0n) is 12.9. The Morgan fingerprint density at radius 2 is 2.00 bits per heavy atom. The smallest absolute Gasteiger partial charge is 0.212 e.